The Labute approximate surface area is 94.5 Å². The molecule has 84 valence electrons. The lowest BCUT2D eigenvalue weighted by Gasteiger charge is -2.08. The van der Waals surface area contributed by atoms with Crippen LogP contribution in [0.15, 0.2) is 23.0 Å². The Kier molecular flexibility index (Phi) is 2.77. The standard InChI is InChI=1S/C13H16N2O/c1-4-9-6-5-7-10-11(9)14-12(8(2)3)15-13(10)16/h5-8H,4H2,1-3H3,(H,14,15,16). The highest BCUT2D eigenvalue weighted by Gasteiger charge is 2.08. The van der Waals surface area contributed by atoms with Crippen molar-refractivity contribution in [2.75, 3.05) is 0 Å². The third kappa shape index (κ3) is 1.73. The van der Waals surface area contributed by atoms with Crippen molar-refractivity contribution in [1.82, 2.24) is 9.97 Å². The highest BCUT2D eigenvalue weighted by atomic mass is 16.1. The minimum absolute atomic E-state index is 0.0380. The molecule has 0 unspecified atom stereocenters. The van der Waals surface area contributed by atoms with Gasteiger partial charge in [-0.2, -0.15) is 0 Å². The first kappa shape index (κ1) is 10.9. The monoisotopic (exact) mass is 216 g/mol. The molecule has 0 aliphatic heterocycles. The van der Waals surface area contributed by atoms with Crippen molar-refractivity contribution in [3.63, 3.8) is 0 Å². The van der Waals surface area contributed by atoms with Crippen LogP contribution in [0.3, 0.4) is 0 Å². The maximum atomic E-state index is 11.9. The molecule has 1 aromatic carbocycles. The van der Waals surface area contributed by atoms with Gasteiger partial charge in [-0.25, -0.2) is 4.98 Å². The molecule has 3 nitrogen and oxygen atoms in total. The van der Waals surface area contributed by atoms with Crippen molar-refractivity contribution < 1.29 is 0 Å². The second kappa shape index (κ2) is 4.08. The van der Waals surface area contributed by atoms with E-state index in [1.165, 1.54) is 0 Å². The summed E-state index contributed by atoms with van der Waals surface area (Å²) in [6.07, 6.45) is 0.894. The summed E-state index contributed by atoms with van der Waals surface area (Å²) in [6, 6.07) is 5.76. The van der Waals surface area contributed by atoms with Gasteiger partial charge in [0.2, 0.25) is 0 Å². The maximum absolute atomic E-state index is 11.9. The third-order valence-corrected chi connectivity index (χ3v) is 2.77. The summed E-state index contributed by atoms with van der Waals surface area (Å²) in [6.45, 7) is 6.13. The van der Waals surface area contributed by atoms with Gasteiger partial charge in [-0.15, -0.1) is 0 Å². The molecule has 1 N–H and O–H groups in total. The number of fused-ring (bicyclic) bond motifs is 1. The van der Waals surface area contributed by atoms with Gasteiger partial charge in [0.15, 0.2) is 0 Å². The zero-order valence-electron chi connectivity index (χ0n) is 9.87. The summed E-state index contributed by atoms with van der Waals surface area (Å²) in [5.74, 6) is 1.00. The molecule has 0 bridgehead atoms. The van der Waals surface area contributed by atoms with Crippen LogP contribution in [-0.4, -0.2) is 9.97 Å². The normalized spacial score (nSPS) is 11.2. The van der Waals surface area contributed by atoms with E-state index in [4.69, 9.17) is 0 Å². The highest BCUT2D eigenvalue weighted by Crippen LogP contribution is 2.16. The number of H-pyrrole nitrogens is 1. The number of benzene rings is 1. The predicted octanol–water partition coefficient (Wildman–Crippen LogP) is 2.61. The number of hydrogen-bond donors (Lipinski definition) is 1. The van der Waals surface area contributed by atoms with Gasteiger partial charge in [-0.05, 0) is 18.1 Å². The highest BCUT2D eigenvalue weighted by molar-refractivity contribution is 5.80. The van der Waals surface area contributed by atoms with Crippen molar-refractivity contribution >= 4 is 10.9 Å². The maximum Gasteiger partial charge on any atom is 0.258 e. The summed E-state index contributed by atoms with van der Waals surface area (Å²) >= 11 is 0. The van der Waals surface area contributed by atoms with Gasteiger partial charge in [0, 0.05) is 5.92 Å². The van der Waals surface area contributed by atoms with Gasteiger partial charge in [-0.3, -0.25) is 4.79 Å². The largest absolute Gasteiger partial charge is 0.310 e. The van der Waals surface area contributed by atoms with Gasteiger partial charge in [0.25, 0.3) is 5.56 Å². The van der Waals surface area contributed by atoms with E-state index in [2.05, 4.69) is 16.9 Å². The molecule has 16 heavy (non-hydrogen) atoms. The number of para-hydroxylation sites is 1. The second-order valence-electron chi connectivity index (χ2n) is 4.27. The molecule has 0 spiro atoms. The van der Waals surface area contributed by atoms with Crippen molar-refractivity contribution in [2.24, 2.45) is 0 Å². The van der Waals surface area contributed by atoms with Crippen molar-refractivity contribution in [3.05, 3.63) is 39.9 Å². The van der Waals surface area contributed by atoms with E-state index >= 15 is 0 Å². The number of aryl methyl sites for hydroxylation is 1. The quantitative estimate of drug-likeness (QED) is 0.838. The van der Waals surface area contributed by atoms with Gasteiger partial charge in [0.05, 0.1) is 10.9 Å². The molecular formula is C13H16N2O. The lowest BCUT2D eigenvalue weighted by molar-refractivity contribution is 0.775. The van der Waals surface area contributed by atoms with Crippen LogP contribution < -0.4 is 5.56 Å². The summed E-state index contributed by atoms with van der Waals surface area (Å²) in [4.78, 5) is 19.3. The molecule has 0 radical (unpaired) electrons. The molecule has 1 aromatic heterocycles. The number of hydrogen-bond acceptors (Lipinski definition) is 2. The molecule has 0 saturated heterocycles. The molecule has 2 aromatic rings. The van der Waals surface area contributed by atoms with E-state index in [1.807, 2.05) is 32.0 Å². The summed E-state index contributed by atoms with van der Waals surface area (Å²) in [5.41, 5.74) is 1.94. The van der Waals surface area contributed by atoms with Crippen LogP contribution in [0.25, 0.3) is 10.9 Å². The van der Waals surface area contributed by atoms with Crippen LogP contribution >= 0.6 is 0 Å². The number of rotatable bonds is 2. The van der Waals surface area contributed by atoms with E-state index < -0.39 is 0 Å². The van der Waals surface area contributed by atoms with E-state index in [0.29, 0.717) is 5.39 Å². The fraction of sp³-hybridized carbons (Fsp3) is 0.385. The first-order chi connectivity index (χ1) is 7.63. The average Bonchev–Trinajstić information content (AvgIpc) is 2.28. The minimum atomic E-state index is -0.0380. The predicted molar refractivity (Wildman–Crippen MR) is 65.8 cm³/mol. The molecule has 0 atom stereocenters. The lowest BCUT2D eigenvalue weighted by atomic mass is 10.1. The SMILES string of the molecule is CCc1cccc2c(=O)[nH]c(C(C)C)nc12. The summed E-state index contributed by atoms with van der Waals surface area (Å²) in [5, 5.41) is 0.684. The van der Waals surface area contributed by atoms with Crippen molar-refractivity contribution in [2.45, 2.75) is 33.1 Å². The van der Waals surface area contributed by atoms with Crippen LogP contribution in [0.2, 0.25) is 0 Å². The van der Waals surface area contributed by atoms with E-state index in [0.717, 1.165) is 23.3 Å². The molecule has 0 amide bonds. The topological polar surface area (TPSA) is 45.8 Å². The van der Waals surface area contributed by atoms with E-state index in [-0.39, 0.29) is 11.5 Å². The van der Waals surface area contributed by atoms with Crippen LogP contribution in [0.5, 0.6) is 0 Å². The molecular weight excluding hydrogens is 200 g/mol. The Balaban J connectivity index is 2.83. The van der Waals surface area contributed by atoms with Crippen molar-refractivity contribution in [3.8, 4) is 0 Å². The Morgan fingerprint density at radius 1 is 1.38 bits per heavy atom. The summed E-state index contributed by atoms with van der Waals surface area (Å²) < 4.78 is 0. The zero-order valence-corrected chi connectivity index (χ0v) is 9.87. The molecule has 3 heteroatoms. The molecule has 0 aliphatic rings. The lowest BCUT2D eigenvalue weighted by Crippen LogP contribution is -2.13. The van der Waals surface area contributed by atoms with Gasteiger partial charge >= 0.3 is 0 Å². The Bertz CT molecular complexity index is 570. The Hall–Kier alpha value is -1.64. The summed E-state index contributed by atoms with van der Waals surface area (Å²) in [7, 11) is 0. The number of nitrogens with zero attached hydrogens (tertiary/aromatic N) is 1. The molecule has 0 aliphatic carbocycles. The average molecular weight is 216 g/mol. The van der Waals surface area contributed by atoms with Gasteiger partial charge in [-0.1, -0.05) is 32.9 Å². The number of aromatic nitrogens is 2. The van der Waals surface area contributed by atoms with Gasteiger partial charge < -0.3 is 4.98 Å². The van der Waals surface area contributed by atoms with Crippen LogP contribution in [0.4, 0.5) is 0 Å². The first-order valence-electron chi connectivity index (χ1n) is 5.65. The van der Waals surface area contributed by atoms with E-state index in [1.54, 1.807) is 0 Å². The molecule has 1 heterocycles. The first-order valence-corrected chi connectivity index (χ1v) is 5.65. The van der Waals surface area contributed by atoms with Gasteiger partial charge in [0.1, 0.15) is 5.82 Å². The Morgan fingerprint density at radius 2 is 2.12 bits per heavy atom. The smallest absolute Gasteiger partial charge is 0.258 e. The number of nitrogens with one attached hydrogen (secondary N) is 1. The minimum Gasteiger partial charge on any atom is -0.310 e. The van der Waals surface area contributed by atoms with E-state index in [9.17, 15) is 4.79 Å². The fourth-order valence-electron chi connectivity index (χ4n) is 1.80. The van der Waals surface area contributed by atoms with Crippen molar-refractivity contribution in [1.29, 1.82) is 0 Å². The molecule has 2 rings (SSSR count). The molecule has 0 fully saturated rings. The van der Waals surface area contributed by atoms with Crippen LogP contribution in [0, 0.1) is 0 Å². The number of aromatic amines is 1. The molecule has 0 saturated carbocycles. The van der Waals surface area contributed by atoms with Crippen LogP contribution in [0.1, 0.15) is 38.1 Å². The second-order valence-corrected chi connectivity index (χ2v) is 4.27. The Morgan fingerprint density at radius 3 is 2.75 bits per heavy atom. The zero-order chi connectivity index (χ0) is 11.7. The fourth-order valence-corrected chi connectivity index (χ4v) is 1.80. The van der Waals surface area contributed by atoms with Crippen LogP contribution in [-0.2, 0) is 6.42 Å². The third-order valence-electron chi connectivity index (χ3n) is 2.77.